The molecule has 0 unspecified atom stereocenters. The summed E-state index contributed by atoms with van der Waals surface area (Å²) in [5, 5.41) is 5.61. The Morgan fingerprint density at radius 3 is 1.88 bits per heavy atom. The maximum atomic E-state index is 5.37. The van der Waals surface area contributed by atoms with Gasteiger partial charge in [0.25, 0.3) is 0 Å². The van der Waals surface area contributed by atoms with Crippen molar-refractivity contribution in [2.45, 2.75) is 0 Å². The van der Waals surface area contributed by atoms with E-state index in [1.54, 1.807) is 0 Å². The molecule has 3 heterocycles. The van der Waals surface area contributed by atoms with Crippen molar-refractivity contribution in [1.29, 1.82) is 0 Å². The molecule has 0 bridgehead atoms. The molecule has 3 aromatic heterocycles. The van der Waals surface area contributed by atoms with E-state index in [0.717, 1.165) is 60.6 Å². The molecule has 3 nitrogen and oxygen atoms in total. The van der Waals surface area contributed by atoms with E-state index in [9.17, 15) is 0 Å². The van der Waals surface area contributed by atoms with Gasteiger partial charge in [0.05, 0.1) is 27.9 Å². The molecule has 0 spiro atoms. The first-order chi connectivity index (χ1) is 19.8. The summed E-state index contributed by atoms with van der Waals surface area (Å²) in [6.07, 6.45) is 1.83. The standard InChI is InChI=1S/C37H23N3/c1-3-10-24(11-4-1)28-15-7-17-30-33(28)31-18-8-16-29(37(31)40-34(30)25-12-5-2-6-13-25)32-22-21-27-20-19-26-14-9-23-38-35(26)36(27)39-32/h1-23H. The first kappa shape index (κ1) is 22.6. The normalized spacial score (nSPS) is 11.5. The molecule has 0 aliphatic rings. The molecule has 8 rings (SSSR count). The van der Waals surface area contributed by atoms with Crippen molar-refractivity contribution in [2.75, 3.05) is 0 Å². The van der Waals surface area contributed by atoms with Crippen molar-refractivity contribution in [3.63, 3.8) is 0 Å². The average Bonchev–Trinajstić information content (AvgIpc) is 3.04. The number of nitrogens with zero attached hydrogens (tertiary/aromatic N) is 3. The Kier molecular flexibility index (Phi) is 5.14. The van der Waals surface area contributed by atoms with Crippen molar-refractivity contribution >= 4 is 43.5 Å². The van der Waals surface area contributed by atoms with Crippen LogP contribution in [0.1, 0.15) is 0 Å². The summed E-state index contributed by atoms with van der Waals surface area (Å²) in [6, 6.07) is 46.6. The number of aromatic nitrogens is 3. The van der Waals surface area contributed by atoms with E-state index in [0.29, 0.717) is 0 Å². The number of hydrogen-bond acceptors (Lipinski definition) is 3. The fourth-order valence-electron chi connectivity index (χ4n) is 5.83. The molecule has 0 atom stereocenters. The predicted octanol–water partition coefficient (Wildman–Crippen LogP) is 9.49. The van der Waals surface area contributed by atoms with Crippen LogP contribution in [0.2, 0.25) is 0 Å². The summed E-state index contributed by atoms with van der Waals surface area (Å²) in [5.74, 6) is 0. The van der Waals surface area contributed by atoms with Crippen molar-refractivity contribution in [3.05, 3.63) is 140 Å². The quantitative estimate of drug-likeness (QED) is 0.223. The van der Waals surface area contributed by atoms with Gasteiger partial charge in [-0.2, -0.15) is 0 Å². The van der Waals surface area contributed by atoms with Crippen LogP contribution in [-0.4, -0.2) is 15.0 Å². The highest BCUT2D eigenvalue weighted by atomic mass is 14.8. The molecule has 186 valence electrons. The molecule has 0 aliphatic carbocycles. The first-order valence-corrected chi connectivity index (χ1v) is 13.5. The molecule has 0 radical (unpaired) electrons. The predicted molar refractivity (Wildman–Crippen MR) is 166 cm³/mol. The molecule has 0 amide bonds. The maximum absolute atomic E-state index is 5.37. The van der Waals surface area contributed by atoms with Crippen LogP contribution in [0.3, 0.4) is 0 Å². The van der Waals surface area contributed by atoms with Gasteiger partial charge in [0.15, 0.2) is 0 Å². The van der Waals surface area contributed by atoms with E-state index in [-0.39, 0.29) is 0 Å². The number of hydrogen-bond donors (Lipinski definition) is 0. The Morgan fingerprint density at radius 2 is 1.07 bits per heavy atom. The SMILES string of the molecule is c1ccc(-c2nc3c(-c4ccc5ccc6cccnc6c5n4)cccc3c3c(-c4ccccc4)cccc23)cc1. The van der Waals surface area contributed by atoms with Gasteiger partial charge < -0.3 is 0 Å². The number of benzene rings is 5. The number of para-hydroxylation sites is 1. The van der Waals surface area contributed by atoms with E-state index in [4.69, 9.17) is 9.97 Å². The summed E-state index contributed by atoms with van der Waals surface area (Å²) in [4.78, 5) is 15.2. The first-order valence-electron chi connectivity index (χ1n) is 13.5. The van der Waals surface area contributed by atoms with Crippen molar-refractivity contribution in [2.24, 2.45) is 0 Å². The fraction of sp³-hybridized carbons (Fsp3) is 0. The Morgan fingerprint density at radius 1 is 0.400 bits per heavy atom. The minimum absolute atomic E-state index is 0.888. The molecule has 0 fully saturated rings. The third-order valence-electron chi connectivity index (χ3n) is 7.69. The van der Waals surface area contributed by atoms with Crippen LogP contribution in [0.5, 0.6) is 0 Å². The maximum Gasteiger partial charge on any atom is 0.0972 e. The molecule has 3 heteroatoms. The lowest BCUT2D eigenvalue weighted by molar-refractivity contribution is 1.36. The lowest BCUT2D eigenvalue weighted by Gasteiger charge is -2.16. The lowest BCUT2D eigenvalue weighted by atomic mass is 9.91. The second-order valence-corrected chi connectivity index (χ2v) is 10.0. The van der Waals surface area contributed by atoms with Gasteiger partial charge in [0.2, 0.25) is 0 Å². The monoisotopic (exact) mass is 509 g/mol. The minimum Gasteiger partial charge on any atom is -0.254 e. The summed E-state index contributed by atoms with van der Waals surface area (Å²) in [6.45, 7) is 0. The van der Waals surface area contributed by atoms with Crippen LogP contribution < -0.4 is 0 Å². The number of fused-ring (bicyclic) bond motifs is 6. The van der Waals surface area contributed by atoms with Crippen LogP contribution in [0.4, 0.5) is 0 Å². The molecule has 40 heavy (non-hydrogen) atoms. The van der Waals surface area contributed by atoms with Gasteiger partial charge in [0.1, 0.15) is 0 Å². The smallest absolute Gasteiger partial charge is 0.0972 e. The van der Waals surface area contributed by atoms with Gasteiger partial charge >= 0.3 is 0 Å². The van der Waals surface area contributed by atoms with Gasteiger partial charge in [-0.05, 0) is 23.3 Å². The van der Waals surface area contributed by atoms with Crippen LogP contribution in [0.25, 0.3) is 77.1 Å². The third kappa shape index (κ3) is 3.56. The summed E-state index contributed by atoms with van der Waals surface area (Å²) >= 11 is 0. The van der Waals surface area contributed by atoms with E-state index in [1.165, 1.54) is 16.5 Å². The summed E-state index contributed by atoms with van der Waals surface area (Å²) < 4.78 is 0. The molecule has 0 saturated heterocycles. The molecule has 5 aromatic carbocycles. The van der Waals surface area contributed by atoms with Crippen LogP contribution in [-0.2, 0) is 0 Å². The van der Waals surface area contributed by atoms with Crippen LogP contribution in [0.15, 0.2) is 140 Å². The molecular formula is C37H23N3. The molecule has 0 saturated carbocycles. The number of pyridine rings is 3. The second kappa shape index (κ2) is 9.11. The van der Waals surface area contributed by atoms with E-state index in [2.05, 4.69) is 126 Å². The van der Waals surface area contributed by atoms with E-state index < -0.39 is 0 Å². The number of rotatable bonds is 3. The molecular weight excluding hydrogens is 486 g/mol. The van der Waals surface area contributed by atoms with Crippen LogP contribution >= 0.6 is 0 Å². The van der Waals surface area contributed by atoms with Crippen molar-refractivity contribution in [1.82, 2.24) is 15.0 Å². The van der Waals surface area contributed by atoms with Gasteiger partial charge in [-0.1, -0.05) is 121 Å². The zero-order valence-corrected chi connectivity index (χ0v) is 21.6. The Bertz CT molecular complexity index is 2200. The lowest BCUT2D eigenvalue weighted by Crippen LogP contribution is -1.95. The second-order valence-electron chi connectivity index (χ2n) is 10.0. The molecule has 8 aromatic rings. The molecule has 0 N–H and O–H groups in total. The van der Waals surface area contributed by atoms with E-state index >= 15 is 0 Å². The topological polar surface area (TPSA) is 38.7 Å². The Labute approximate surface area is 231 Å². The van der Waals surface area contributed by atoms with E-state index in [1.807, 2.05) is 18.3 Å². The Balaban J connectivity index is 1.49. The molecule has 0 aliphatic heterocycles. The highest BCUT2D eigenvalue weighted by molar-refractivity contribution is 6.19. The van der Waals surface area contributed by atoms with Gasteiger partial charge in [-0.15, -0.1) is 0 Å². The van der Waals surface area contributed by atoms with Crippen molar-refractivity contribution in [3.8, 4) is 33.6 Å². The highest BCUT2D eigenvalue weighted by Crippen LogP contribution is 2.41. The van der Waals surface area contributed by atoms with Gasteiger partial charge in [-0.25, -0.2) is 9.97 Å². The highest BCUT2D eigenvalue weighted by Gasteiger charge is 2.17. The summed E-state index contributed by atoms with van der Waals surface area (Å²) in [7, 11) is 0. The average molecular weight is 510 g/mol. The van der Waals surface area contributed by atoms with Gasteiger partial charge in [-0.3, -0.25) is 4.98 Å². The Hall–Kier alpha value is -5.41. The van der Waals surface area contributed by atoms with Gasteiger partial charge in [0, 0.05) is 44.3 Å². The zero-order chi connectivity index (χ0) is 26.5. The van der Waals surface area contributed by atoms with Crippen LogP contribution in [0, 0.1) is 0 Å². The zero-order valence-electron chi connectivity index (χ0n) is 21.6. The fourth-order valence-corrected chi connectivity index (χ4v) is 5.83. The summed E-state index contributed by atoms with van der Waals surface area (Å²) in [5.41, 5.74) is 9.11. The van der Waals surface area contributed by atoms with Crippen molar-refractivity contribution < 1.29 is 0 Å². The minimum atomic E-state index is 0.888. The third-order valence-corrected chi connectivity index (χ3v) is 7.69. The largest absolute Gasteiger partial charge is 0.254 e.